The largest absolute Gasteiger partial charge is 1.00 e. The topological polar surface area (TPSA) is 92.6 Å². The predicted octanol–water partition coefficient (Wildman–Crippen LogP) is -1.34. The van der Waals surface area contributed by atoms with Gasteiger partial charge in [0.25, 0.3) is 0 Å². The van der Waals surface area contributed by atoms with Crippen LogP contribution in [0.4, 0.5) is 10.5 Å². The molecule has 8 heteroatoms. The van der Waals surface area contributed by atoms with E-state index >= 15 is 0 Å². The first-order chi connectivity index (χ1) is 8.20. The molecule has 0 saturated carbocycles. The summed E-state index contributed by atoms with van der Waals surface area (Å²) in [7, 11) is 1.49. The van der Waals surface area contributed by atoms with Gasteiger partial charge in [-0.1, -0.05) is 0 Å². The van der Waals surface area contributed by atoms with Crippen molar-refractivity contribution in [2.75, 3.05) is 11.9 Å². The van der Waals surface area contributed by atoms with E-state index in [0.717, 1.165) is 0 Å². The Morgan fingerprint density at radius 1 is 1.32 bits per heavy atom. The Morgan fingerprint density at radius 3 is 2.16 bits per heavy atom. The zero-order valence-electron chi connectivity index (χ0n) is 12.7. The molecule has 1 amide bonds. The Hall–Kier alpha value is -1.58. The average Bonchev–Trinajstić information content (AvgIpc) is 2.26. The molecular formula is C11H16LiN3O4. The van der Waals surface area contributed by atoms with Crippen LogP contribution in [0.3, 0.4) is 0 Å². The van der Waals surface area contributed by atoms with Crippen LogP contribution in [0.15, 0.2) is 12.4 Å². The number of carboxylic acids is 1. The molecule has 0 unspecified atom stereocenters. The van der Waals surface area contributed by atoms with E-state index in [-0.39, 0.29) is 26.1 Å². The molecule has 0 aromatic carbocycles. The number of rotatable bonds is 2. The van der Waals surface area contributed by atoms with Crippen LogP contribution in [0, 0.1) is 0 Å². The van der Waals surface area contributed by atoms with Crippen molar-refractivity contribution in [2.45, 2.75) is 26.4 Å². The molecule has 1 N–H and O–H groups in total. The number of aromatic carboxylic acids is 1. The number of ether oxygens (including phenoxy) is 1. The maximum atomic E-state index is 11.7. The molecule has 1 rings (SSSR count). The van der Waals surface area contributed by atoms with Crippen molar-refractivity contribution in [1.29, 1.82) is 0 Å². The van der Waals surface area contributed by atoms with Crippen LogP contribution in [-0.2, 0) is 4.74 Å². The first kappa shape index (κ1) is 17.4. The van der Waals surface area contributed by atoms with Gasteiger partial charge in [0.2, 0.25) is 5.82 Å². The van der Waals surface area contributed by atoms with Gasteiger partial charge >= 0.3 is 30.9 Å². The molecule has 0 saturated heterocycles. The molecule has 0 aliphatic rings. The second kappa shape index (κ2) is 6.55. The number of anilines is 1. The minimum atomic E-state index is -1.22. The molecule has 1 aromatic heterocycles. The summed E-state index contributed by atoms with van der Waals surface area (Å²) in [6, 6.07) is 0. The number of amides is 1. The Labute approximate surface area is 124 Å². The first-order valence-electron chi connectivity index (χ1n) is 5.23. The molecule has 0 fully saturated rings. The van der Waals surface area contributed by atoms with Crippen molar-refractivity contribution < 1.29 is 39.7 Å². The van der Waals surface area contributed by atoms with Crippen LogP contribution in [-0.4, -0.2) is 39.8 Å². The Kier molecular flexibility index (Phi) is 6.00. The Morgan fingerprint density at radius 2 is 1.79 bits per heavy atom. The summed E-state index contributed by atoms with van der Waals surface area (Å²) in [4.78, 5) is 30.7. The Bertz CT molecular complexity index is 462. The van der Waals surface area contributed by atoms with Crippen molar-refractivity contribution in [1.82, 2.24) is 9.97 Å². The third-order valence-corrected chi connectivity index (χ3v) is 1.88. The molecule has 100 valence electrons. The maximum Gasteiger partial charge on any atom is 1.00 e. The van der Waals surface area contributed by atoms with Gasteiger partial charge in [0, 0.05) is 7.05 Å². The molecule has 0 bridgehead atoms. The molecule has 0 aliphatic heterocycles. The van der Waals surface area contributed by atoms with E-state index in [0.29, 0.717) is 5.69 Å². The summed E-state index contributed by atoms with van der Waals surface area (Å²) < 4.78 is 5.15. The van der Waals surface area contributed by atoms with E-state index in [9.17, 15) is 9.59 Å². The molecule has 0 radical (unpaired) electrons. The zero-order valence-corrected chi connectivity index (χ0v) is 11.7. The zero-order chi connectivity index (χ0) is 13.9. The number of hydrogen-bond donors (Lipinski definition) is 1. The van der Waals surface area contributed by atoms with Gasteiger partial charge < -0.3 is 11.3 Å². The number of carboxylic acid groups (broad SMARTS) is 1. The number of hydrogen-bond acceptors (Lipinski definition) is 5. The van der Waals surface area contributed by atoms with Crippen molar-refractivity contribution in [3.8, 4) is 0 Å². The number of aromatic nitrogens is 2. The van der Waals surface area contributed by atoms with Crippen LogP contribution in [0.5, 0.6) is 0 Å². The SMILES string of the molecule is CN(C(=O)OC(C)(C)C)c1cnc(C(=O)O)nc1.[H-].[Li+]. The second-order valence-corrected chi connectivity index (χ2v) is 4.61. The smallest absolute Gasteiger partial charge is 1.00 e. The van der Waals surface area contributed by atoms with Gasteiger partial charge in [0.15, 0.2) is 0 Å². The third-order valence-electron chi connectivity index (χ3n) is 1.88. The maximum absolute atomic E-state index is 11.7. The van der Waals surface area contributed by atoms with Crippen molar-refractivity contribution in [3.63, 3.8) is 0 Å². The monoisotopic (exact) mass is 261 g/mol. The van der Waals surface area contributed by atoms with Crippen molar-refractivity contribution in [2.24, 2.45) is 0 Å². The molecule has 1 heterocycles. The molecule has 0 atom stereocenters. The number of carbonyl (C=O) groups is 2. The first-order valence-corrected chi connectivity index (χ1v) is 5.23. The van der Waals surface area contributed by atoms with Gasteiger partial charge in [-0.3, -0.25) is 4.90 Å². The van der Waals surface area contributed by atoms with Crippen LogP contribution in [0.25, 0.3) is 0 Å². The fraction of sp³-hybridized carbons (Fsp3) is 0.455. The molecule has 1 aromatic rings. The number of nitrogens with zero attached hydrogens (tertiary/aromatic N) is 3. The van der Waals surface area contributed by atoms with E-state index < -0.39 is 17.7 Å². The standard InChI is InChI=1S/C11H15N3O4.Li.H/c1-11(2,3)18-10(17)14(4)7-5-12-8(9(15)16)13-6-7;;/h5-6H,1-4H3,(H,15,16);;/q;+1;-1. The van der Waals surface area contributed by atoms with Gasteiger partial charge in [0.05, 0.1) is 18.1 Å². The summed E-state index contributed by atoms with van der Waals surface area (Å²) in [5.41, 5.74) is -0.248. The van der Waals surface area contributed by atoms with Crippen LogP contribution < -0.4 is 23.8 Å². The van der Waals surface area contributed by atoms with Crippen molar-refractivity contribution >= 4 is 17.7 Å². The normalized spacial score (nSPS) is 10.3. The van der Waals surface area contributed by atoms with Crippen molar-refractivity contribution in [3.05, 3.63) is 18.2 Å². The van der Waals surface area contributed by atoms with E-state index in [1.165, 1.54) is 24.3 Å². The molecule has 0 aliphatic carbocycles. The summed E-state index contributed by atoms with van der Waals surface area (Å²) in [5.74, 6) is -1.54. The second-order valence-electron chi connectivity index (χ2n) is 4.61. The molecule has 0 spiro atoms. The predicted molar refractivity (Wildman–Crippen MR) is 64.7 cm³/mol. The van der Waals surface area contributed by atoms with Gasteiger partial charge in [0.1, 0.15) is 5.60 Å². The Balaban J connectivity index is 0. The summed E-state index contributed by atoms with van der Waals surface area (Å²) in [6.07, 6.45) is 1.94. The summed E-state index contributed by atoms with van der Waals surface area (Å²) >= 11 is 0. The third kappa shape index (κ3) is 5.28. The van der Waals surface area contributed by atoms with Gasteiger partial charge in [-0.2, -0.15) is 0 Å². The van der Waals surface area contributed by atoms with Gasteiger partial charge in [-0.25, -0.2) is 19.6 Å². The minimum absolute atomic E-state index is 0. The van der Waals surface area contributed by atoms with E-state index in [1.54, 1.807) is 20.8 Å². The van der Waals surface area contributed by atoms with Crippen LogP contribution in [0.2, 0.25) is 0 Å². The fourth-order valence-electron chi connectivity index (χ4n) is 1.04. The molecular weight excluding hydrogens is 245 g/mol. The quantitative estimate of drug-likeness (QED) is 0.662. The van der Waals surface area contributed by atoms with E-state index in [4.69, 9.17) is 9.84 Å². The van der Waals surface area contributed by atoms with Crippen LogP contribution >= 0.6 is 0 Å². The number of carbonyl (C=O) groups excluding carboxylic acids is 1. The fourth-order valence-corrected chi connectivity index (χ4v) is 1.04. The van der Waals surface area contributed by atoms with Gasteiger partial charge in [-0.15, -0.1) is 0 Å². The van der Waals surface area contributed by atoms with Crippen LogP contribution in [0.1, 0.15) is 32.8 Å². The molecule has 19 heavy (non-hydrogen) atoms. The summed E-state index contributed by atoms with van der Waals surface area (Å²) in [6.45, 7) is 5.26. The minimum Gasteiger partial charge on any atom is -1.00 e. The summed E-state index contributed by atoms with van der Waals surface area (Å²) in [5, 5.41) is 8.65. The van der Waals surface area contributed by atoms with E-state index in [1.807, 2.05) is 0 Å². The average molecular weight is 261 g/mol. The molecule has 7 nitrogen and oxygen atoms in total. The van der Waals surface area contributed by atoms with Gasteiger partial charge in [-0.05, 0) is 20.8 Å². The van der Waals surface area contributed by atoms with E-state index in [2.05, 4.69) is 9.97 Å².